The molecule has 14 heavy (non-hydrogen) atoms. The topological polar surface area (TPSA) is 34.1 Å². The molecule has 0 rings (SSSR count). The summed E-state index contributed by atoms with van der Waals surface area (Å²) in [5.74, 6) is 0.472. The lowest BCUT2D eigenvalue weighted by molar-refractivity contribution is -0.123. The molecule has 0 aliphatic heterocycles. The summed E-state index contributed by atoms with van der Waals surface area (Å²) < 4.78 is 0. The highest BCUT2D eigenvalue weighted by molar-refractivity contribution is 5.81. The quantitative estimate of drug-likeness (QED) is 0.421. The van der Waals surface area contributed by atoms with Crippen molar-refractivity contribution in [3.8, 4) is 0 Å². The van der Waals surface area contributed by atoms with Gasteiger partial charge >= 0.3 is 0 Å². The Bertz CT molecular complexity index is 164. The molecule has 0 N–H and O–H groups in total. The largest absolute Gasteiger partial charge is 0.303 e. The summed E-state index contributed by atoms with van der Waals surface area (Å²) in [5, 5.41) is 0. The van der Waals surface area contributed by atoms with Crippen molar-refractivity contribution in [3.05, 3.63) is 0 Å². The molecule has 0 aliphatic rings. The molecular formula is C12H22O2. The highest BCUT2D eigenvalue weighted by Gasteiger charge is 2.14. The maximum absolute atomic E-state index is 11.6. The lowest BCUT2D eigenvalue weighted by Crippen LogP contribution is -2.13. The van der Waals surface area contributed by atoms with E-state index >= 15 is 0 Å². The van der Waals surface area contributed by atoms with Crippen LogP contribution in [-0.4, -0.2) is 12.1 Å². The zero-order valence-corrected chi connectivity index (χ0v) is 9.42. The average molecular weight is 198 g/mol. The molecule has 0 heterocycles. The number of Topliss-reactive ketones (excluding diaryl/α,β-unsaturated/α-hetero) is 1. The number of hydrogen-bond acceptors (Lipinski definition) is 2. The van der Waals surface area contributed by atoms with Gasteiger partial charge in [-0.2, -0.15) is 0 Å². The van der Waals surface area contributed by atoms with Crippen LogP contribution in [0, 0.1) is 5.92 Å². The van der Waals surface area contributed by atoms with Crippen molar-refractivity contribution in [2.75, 3.05) is 0 Å². The fraction of sp³-hybridized carbons (Fsp3) is 0.833. The highest BCUT2D eigenvalue weighted by atomic mass is 16.1. The maximum Gasteiger partial charge on any atom is 0.135 e. The van der Waals surface area contributed by atoms with Crippen molar-refractivity contribution in [1.82, 2.24) is 0 Å². The van der Waals surface area contributed by atoms with E-state index < -0.39 is 0 Å². The van der Waals surface area contributed by atoms with Crippen LogP contribution >= 0.6 is 0 Å². The summed E-state index contributed by atoms with van der Waals surface area (Å²) in [6.45, 7) is 4.15. The number of hydrogen-bond donors (Lipinski definition) is 0. The molecule has 0 aromatic heterocycles. The van der Waals surface area contributed by atoms with Crippen LogP contribution in [0.5, 0.6) is 0 Å². The second-order valence-electron chi connectivity index (χ2n) is 3.77. The fourth-order valence-corrected chi connectivity index (χ4v) is 1.62. The van der Waals surface area contributed by atoms with Crippen LogP contribution in [0.15, 0.2) is 0 Å². The third kappa shape index (κ3) is 5.90. The van der Waals surface area contributed by atoms with Gasteiger partial charge in [0.05, 0.1) is 0 Å². The van der Waals surface area contributed by atoms with E-state index in [1.165, 1.54) is 0 Å². The molecule has 0 radical (unpaired) electrons. The molecule has 0 aromatic rings. The number of rotatable bonds is 9. The Morgan fingerprint density at radius 1 is 1.29 bits per heavy atom. The maximum atomic E-state index is 11.6. The van der Waals surface area contributed by atoms with Crippen molar-refractivity contribution in [3.63, 3.8) is 0 Å². The molecule has 0 bridgehead atoms. The Balaban J connectivity index is 3.73. The van der Waals surface area contributed by atoms with Crippen molar-refractivity contribution in [2.24, 2.45) is 5.92 Å². The molecule has 2 nitrogen and oxygen atoms in total. The summed E-state index contributed by atoms with van der Waals surface area (Å²) in [5.41, 5.74) is 0. The summed E-state index contributed by atoms with van der Waals surface area (Å²) in [6, 6.07) is 0. The van der Waals surface area contributed by atoms with Crippen molar-refractivity contribution >= 4 is 12.1 Å². The van der Waals surface area contributed by atoms with Crippen LogP contribution in [0.4, 0.5) is 0 Å². The molecule has 1 unspecified atom stereocenters. The van der Waals surface area contributed by atoms with Gasteiger partial charge in [-0.05, 0) is 19.3 Å². The van der Waals surface area contributed by atoms with E-state index in [0.29, 0.717) is 18.6 Å². The minimum atomic E-state index is 0.122. The van der Waals surface area contributed by atoms with Crippen LogP contribution in [0.1, 0.15) is 58.8 Å². The molecule has 1 atom stereocenters. The lowest BCUT2D eigenvalue weighted by atomic mass is 9.92. The minimum absolute atomic E-state index is 0.122. The van der Waals surface area contributed by atoms with Gasteiger partial charge in [0.1, 0.15) is 12.1 Å². The Kier molecular flexibility index (Phi) is 8.50. The van der Waals surface area contributed by atoms with Gasteiger partial charge in [-0.3, -0.25) is 4.79 Å². The summed E-state index contributed by atoms with van der Waals surface area (Å²) in [7, 11) is 0. The SMILES string of the molecule is CCCCCC(=O)C(CC)CCC=O. The van der Waals surface area contributed by atoms with Gasteiger partial charge in [0.15, 0.2) is 0 Å². The third-order valence-electron chi connectivity index (χ3n) is 2.61. The molecule has 0 aromatic carbocycles. The highest BCUT2D eigenvalue weighted by Crippen LogP contribution is 2.15. The van der Waals surface area contributed by atoms with Crippen LogP contribution in [-0.2, 0) is 9.59 Å². The minimum Gasteiger partial charge on any atom is -0.303 e. The van der Waals surface area contributed by atoms with E-state index in [1.54, 1.807) is 0 Å². The summed E-state index contributed by atoms with van der Waals surface area (Å²) in [4.78, 5) is 21.8. The molecule has 0 amide bonds. The first-order chi connectivity index (χ1) is 6.76. The van der Waals surface area contributed by atoms with Gasteiger partial charge in [-0.25, -0.2) is 0 Å². The first-order valence-electron chi connectivity index (χ1n) is 5.72. The second-order valence-corrected chi connectivity index (χ2v) is 3.77. The monoisotopic (exact) mass is 198 g/mol. The molecular weight excluding hydrogens is 176 g/mol. The number of aldehydes is 1. The van der Waals surface area contributed by atoms with Gasteiger partial charge in [-0.15, -0.1) is 0 Å². The Morgan fingerprint density at radius 3 is 2.50 bits per heavy atom. The van der Waals surface area contributed by atoms with Crippen LogP contribution in [0.2, 0.25) is 0 Å². The van der Waals surface area contributed by atoms with Gasteiger partial charge in [0.25, 0.3) is 0 Å². The fourth-order valence-electron chi connectivity index (χ4n) is 1.62. The second kappa shape index (κ2) is 8.92. The number of ketones is 1. The smallest absolute Gasteiger partial charge is 0.135 e. The Morgan fingerprint density at radius 2 is 2.00 bits per heavy atom. The summed E-state index contributed by atoms with van der Waals surface area (Å²) >= 11 is 0. The van der Waals surface area contributed by atoms with Gasteiger partial charge in [0.2, 0.25) is 0 Å². The van der Waals surface area contributed by atoms with Gasteiger partial charge < -0.3 is 4.79 Å². The van der Waals surface area contributed by atoms with E-state index in [0.717, 1.165) is 38.4 Å². The summed E-state index contributed by atoms with van der Waals surface area (Å²) in [6.07, 6.45) is 7.04. The van der Waals surface area contributed by atoms with Gasteiger partial charge in [-0.1, -0.05) is 26.7 Å². The molecule has 2 heteroatoms. The number of unbranched alkanes of at least 4 members (excludes halogenated alkanes) is 2. The average Bonchev–Trinajstić information content (AvgIpc) is 2.19. The van der Waals surface area contributed by atoms with E-state index in [9.17, 15) is 9.59 Å². The molecule has 0 spiro atoms. The normalized spacial score (nSPS) is 12.4. The van der Waals surface area contributed by atoms with Crippen molar-refractivity contribution in [2.45, 2.75) is 58.8 Å². The van der Waals surface area contributed by atoms with Gasteiger partial charge in [0, 0.05) is 18.8 Å². The molecule has 0 saturated heterocycles. The number of carbonyl (C=O) groups is 2. The first-order valence-corrected chi connectivity index (χ1v) is 5.72. The van der Waals surface area contributed by atoms with Crippen molar-refractivity contribution in [1.29, 1.82) is 0 Å². The molecule has 82 valence electrons. The van der Waals surface area contributed by atoms with E-state index in [1.807, 2.05) is 6.92 Å². The van der Waals surface area contributed by atoms with E-state index in [-0.39, 0.29) is 5.92 Å². The van der Waals surface area contributed by atoms with Crippen LogP contribution in [0.3, 0.4) is 0 Å². The van der Waals surface area contributed by atoms with Crippen LogP contribution < -0.4 is 0 Å². The van der Waals surface area contributed by atoms with Crippen LogP contribution in [0.25, 0.3) is 0 Å². The molecule has 0 fully saturated rings. The first kappa shape index (κ1) is 13.3. The number of carbonyl (C=O) groups excluding carboxylic acids is 2. The predicted molar refractivity (Wildman–Crippen MR) is 58.2 cm³/mol. The van der Waals surface area contributed by atoms with E-state index in [2.05, 4.69) is 6.92 Å². The lowest BCUT2D eigenvalue weighted by Gasteiger charge is -2.11. The van der Waals surface area contributed by atoms with Crippen molar-refractivity contribution < 1.29 is 9.59 Å². The molecule has 0 aliphatic carbocycles. The van der Waals surface area contributed by atoms with E-state index in [4.69, 9.17) is 0 Å². The standard InChI is InChI=1S/C12H22O2/c1-3-5-6-9-12(14)11(4-2)8-7-10-13/h10-11H,3-9H2,1-2H3. The third-order valence-corrected chi connectivity index (χ3v) is 2.61. The Labute approximate surface area is 87.1 Å². The zero-order valence-electron chi connectivity index (χ0n) is 9.42. The molecule has 0 saturated carbocycles. The Hall–Kier alpha value is -0.660. The zero-order chi connectivity index (χ0) is 10.8. The predicted octanol–water partition coefficient (Wildman–Crippen LogP) is 3.14.